The molecule has 0 fully saturated rings. The lowest BCUT2D eigenvalue weighted by molar-refractivity contribution is -0.138. The predicted octanol–water partition coefficient (Wildman–Crippen LogP) is 0.216. The van der Waals surface area contributed by atoms with Crippen molar-refractivity contribution in [2.75, 3.05) is 25.1 Å². The van der Waals surface area contributed by atoms with E-state index in [1.165, 1.54) is 6.26 Å². The molecule has 0 spiro atoms. The lowest BCUT2D eigenvalue weighted by Crippen LogP contribution is -2.37. The van der Waals surface area contributed by atoms with Gasteiger partial charge in [-0.25, -0.2) is 8.42 Å². The monoisotopic (exact) mass is 237 g/mol. The Morgan fingerprint density at radius 2 is 1.93 bits per heavy atom. The maximum Gasteiger partial charge on any atom is 0.317 e. The lowest BCUT2D eigenvalue weighted by Gasteiger charge is -2.24. The fraction of sp³-hybridized carbons (Fsp3) is 0.889. The van der Waals surface area contributed by atoms with Crippen LogP contribution in [0.2, 0.25) is 0 Å². The highest BCUT2D eigenvalue weighted by Gasteiger charge is 2.13. The lowest BCUT2D eigenvalue weighted by atomic mass is 10.3. The first-order valence-electron chi connectivity index (χ1n) is 4.86. The third-order valence-electron chi connectivity index (χ3n) is 2.03. The largest absolute Gasteiger partial charge is 0.480 e. The topological polar surface area (TPSA) is 74.7 Å². The van der Waals surface area contributed by atoms with E-state index < -0.39 is 15.8 Å². The third-order valence-corrected chi connectivity index (χ3v) is 3.06. The van der Waals surface area contributed by atoms with Crippen LogP contribution in [-0.2, 0) is 14.6 Å². The fourth-order valence-electron chi connectivity index (χ4n) is 1.22. The van der Waals surface area contributed by atoms with E-state index in [0.29, 0.717) is 13.0 Å². The standard InChI is InChI=1S/C9H19NO4S/c1-8(2)10(7-9(11)12)5-4-6-15(3,13)14/h8H,4-7H2,1-3H3,(H,11,12). The van der Waals surface area contributed by atoms with Crippen molar-refractivity contribution in [2.45, 2.75) is 26.3 Å². The Morgan fingerprint density at radius 1 is 1.40 bits per heavy atom. The summed E-state index contributed by atoms with van der Waals surface area (Å²) in [5, 5.41) is 8.63. The van der Waals surface area contributed by atoms with Crippen LogP contribution in [0.25, 0.3) is 0 Å². The van der Waals surface area contributed by atoms with Crippen LogP contribution >= 0.6 is 0 Å². The summed E-state index contributed by atoms with van der Waals surface area (Å²) in [6, 6.07) is 0.112. The Hall–Kier alpha value is -0.620. The molecule has 0 unspecified atom stereocenters. The number of hydrogen-bond acceptors (Lipinski definition) is 4. The number of sulfone groups is 1. The molecule has 0 aromatic rings. The van der Waals surface area contributed by atoms with Crippen molar-refractivity contribution in [3.05, 3.63) is 0 Å². The van der Waals surface area contributed by atoms with Gasteiger partial charge in [-0.3, -0.25) is 9.69 Å². The number of carboxylic acids is 1. The molecule has 0 saturated carbocycles. The quantitative estimate of drug-likeness (QED) is 0.685. The van der Waals surface area contributed by atoms with Gasteiger partial charge in [0.25, 0.3) is 0 Å². The maximum atomic E-state index is 10.9. The minimum Gasteiger partial charge on any atom is -0.480 e. The predicted molar refractivity (Wildman–Crippen MR) is 58.7 cm³/mol. The van der Waals surface area contributed by atoms with Crippen molar-refractivity contribution in [1.29, 1.82) is 0 Å². The third kappa shape index (κ3) is 8.38. The number of carbonyl (C=O) groups is 1. The average molecular weight is 237 g/mol. The number of rotatable bonds is 7. The van der Waals surface area contributed by atoms with E-state index >= 15 is 0 Å². The molecule has 15 heavy (non-hydrogen) atoms. The Kier molecular flexibility index (Phi) is 5.82. The van der Waals surface area contributed by atoms with Crippen molar-refractivity contribution >= 4 is 15.8 Å². The second kappa shape index (κ2) is 6.07. The normalized spacial score (nSPS) is 12.3. The molecule has 0 heterocycles. The first-order valence-corrected chi connectivity index (χ1v) is 6.92. The highest BCUT2D eigenvalue weighted by Crippen LogP contribution is 2.00. The molecule has 90 valence electrons. The molecule has 0 aliphatic carbocycles. The number of aliphatic carboxylic acids is 1. The van der Waals surface area contributed by atoms with Crippen molar-refractivity contribution < 1.29 is 18.3 Å². The highest BCUT2D eigenvalue weighted by atomic mass is 32.2. The van der Waals surface area contributed by atoms with Crippen LogP contribution in [-0.4, -0.2) is 55.5 Å². The van der Waals surface area contributed by atoms with Crippen LogP contribution in [0, 0.1) is 0 Å². The van der Waals surface area contributed by atoms with E-state index in [9.17, 15) is 13.2 Å². The molecule has 5 nitrogen and oxygen atoms in total. The Labute approximate surface area is 91.0 Å². The zero-order chi connectivity index (χ0) is 12.1. The van der Waals surface area contributed by atoms with Gasteiger partial charge < -0.3 is 5.11 Å². The van der Waals surface area contributed by atoms with Gasteiger partial charge in [0.05, 0.1) is 12.3 Å². The average Bonchev–Trinajstić information content (AvgIpc) is 1.99. The number of nitrogens with zero attached hydrogens (tertiary/aromatic N) is 1. The van der Waals surface area contributed by atoms with Gasteiger partial charge in [0.1, 0.15) is 9.84 Å². The van der Waals surface area contributed by atoms with Gasteiger partial charge in [-0.2, -0.15) is 0 Å². The number of carboxylic acid groups (broad SMARTS) is 1. The van der Waals surface area contributed by atoms with Crippen LogP contribution in [0.1, 0.15) is 20.3 Å². The smallest absolute Gasteiger partial charge is 0.317 e. The van der Waals surface area contributed by atoms with Gasteiger partial charge in [0, 0.05) is 12.3 Å². The van der Waals surface area contributed by atoms with Crippen molar-refractivity contribution in [3.63, 3.8) is 0 Å². The minimum atomic E-state index is -2.95. The zero-order valence-corrected chi connectivity index (χ0v) is 10.2. The molecular weight excluding hydrogens is 218 g/mol. The molecule has 0 aliphatic rings. The van der Waals surface area contributed by atoms with E-state index in [1.54, 1.807) is 4.90 Å². The van der Waals surface area contributed by atoms with E-state index in [-0.39, 0.29) is 18.3 Å². The van der Waals surface area contributed by atoms with E-state index in [1.807, 2.05) is 13.8 Å². The second-order valence-electron chi connectivity index (χ2n) is 3.94. The van der Waals surface area contributed by atoms with Crippen LogP contribution in [0.3, 0.4) is 0 Å². The summed E-state index contributed by atoms with van der Waals surface area (Å²) in [5.74, 6) is -0.779. The summed E-state index contributed by atoms with van der Waals surface area (Å²) < 4.78 is 21.7. The fourth-order valence-corrected chi connectivity index (χ4v) is 1.88. The molecule has 0 amide bonds. The Morgan fingerprint density at radius 3 is 2.27 bits per heavy atom. The van der Waals surface area contributed by atoms with Crippen LogP contribution in [0.4, 0.5) is 0 Å². The SMILES string of the molecule is CC(C)N(CCCS(C)(=O)=O)CC(=O)O. The van der Waals surface area contributed by atoms with Gasteiger partial charge in [0.2, 0.25) is 0 Å². The van der Waals surface area contributed by atoms with Gasteiger partial charge in [-0.15, -0.1) is 0 Å². The molecule has 0 aliphatic heterocycles. The van der Waals surface area contributed by atoms with Gasteiger partial charge in [-0.1, -0.05) is 0 Å². The van der Waals surface area contributed by atoms with Gasteiger partial charge >= 0.3 is 5.97 Å². The summed E-state index contributed by atoms with van der Waals surface area (Å²) in [7, 11) is -2.95. The van der Waals surface area contributed by atoms with E-state index in [4.69, 9.17) is 5.11 Å². The highest BCUT2D eigenvalue weighted by molar-refractivity contribution is 7.90. The molecule has 6 heteroatoms. The molecule has 0 rings (SSSR count). The van der Waals surface area contributed by atoms with Crippen LogP contribution < -0.4 is 0 Å². The minimum absolute atomic E-state index is 0.0402. The summed E-state index contributed by atoms with van der Waals surface area (Å²) >= 11 is 0. The van der Waals surface area contributed by atoms with Crippen LogP contribution in [0.15, 0.2) is 0 Å². The van der Waals surface area contributed by atoms with E-state index in [2.05, 4.69) is 0 Å². The molecule has 0 bridgehead atoms. The van der Waals surface area contributed by atoms with E-state index in [0.717, 1.165) is 0 Å². The maximum absolute atomic E-state index is 10.9. The Balaban J connectivity index is 4.03. The Bertz CT molecular complexity index is 297. The number of hydrogen-bond donors (Lipinski definition) is 1. The molecule has 0 radical (unpaired) electrons. The molecule has 0 aromatic heterocycles. The summed E-state index contributed by atoms with van der Waals surface area (Å²) in [6.07, 6.45) is 1.66. The first kappa shape index (κ1) is 14.4. The molecule has 0 saturated heterocycles. The van der Waals surface area contributed by atoms with Gasteiger partial charge in [0.15, 0.2) is 0 Å². The van der Waals surface area contributed by atoms with Crippen molar-refractivity contribution in [1.82, 2.24) is 4.90 Å². The summed E-state index contributed by atoms with van der Waals surface area (Å²) in [6.45, 7) is 4.24. The van der Waals surface area contributed by atoms with Crippen molar-refractivity contribution in [3.8, 4) is 0 Å². The molecular formula is C9H19NO4S. The summed E-state index contributed by atoms with van der Waals surface area (Å²) in [5.41, 5.74) is 0. The zero-order valence-electron chi connectivity index (χ0n) is 9.43. The second-order valence-corrected chi connectivity index (χ2v) is 6.20. The first-order chi connectivity index (χ1) is 6.72. The van der Waals surface area contributed by atoms with Gasteiger partial charge in [-0.05, 0) is 26.8 Å². The molecule has 1 N–H and O–H groups in total. The molecule has 0 aromatic carbocycles. The summed E-state index contributed by atoms with van der Waals surface area (Å²) in [4.78, 5) is 12.3. The van der Waals surface area contributed by atoms with Crippen molar-refractivity contribution in [2.24, 2.45) is 0 Å². The molecule has 0 atom stereocenters. The van der Waals surface area contributed by atoms with Crippen LogP contribution in [0.5, 0.6) is 0 Å².